The van der Waals surface area contributed by atoms with Gasteiger partial charge in [0, 0.05) is 17.6 Å². The molecule has 122 valence electrons. The molecule has 0 aliphatic heterocycles. The van der Waals surface area contributed by atoms with Gasteiger partial charge >= 0.3 is 0 Å². The van der Waals surface area contributed by atoms with E-state index in [4.69, 9.17) is 4.52 Å². The Kier molecular flexibility index (Phi) is 3.66. The normalized spacial score (nSPS) is 10.8. The van der Waals surface area contributed by atoms with E-state index in [9.17, 15) is 4.79 Å². The van der Waals surface area contributed by atoms with Gasteiger partial charge < -0.3 is 9.84 Å². The Morgan fingerprint density at radius 1 is 1.12 bits per heavy atom. The summed E-state index contributed by atoms with van der Waals surface area (Å²) >= 11 is 0. The van der Waals surface area contributed by atoms with Crippen molar-refractivity contribution >= 4 is 22.6 Å². The number of nitrogens with zero attached hydrogens (tertiary/aromatic N) is 4. The zero-order valence-electron chi connectivity index (χ0n) is 13.3. The Balaban J connectivity index is 1.76. The summed E-state index contributed by atoms with van der Waals surface area (Å²) in [5.74, 6) is 0.845. The van der Waals surface area contributed by atoms with Gasteiger partial charge in [0.25, 0.3) is 5.91 Å². The van der Waals surface area contributed by atoms with Crippen molar-refractivity contribution < 1.29 is 9.32 Å². The Bertz CT molecular complexity index is 1060. The van der Waals surface area contributed by atoms with Gasteiger partial charge in [0.1, 0.15) is 23.6 Å². The molecule has 0 unspecified atom stereocenters. The lowest BCUT2D eigenvalue weighted by molar-refractivity contribution is 0.102. The third kappa shape index (κ3) is 2.94. The smallest absolute Gasteiger partial charge is 0.259 e. The Morgan fingerprint density at radius 2 is 2.04 bits per heavy atom. The third-order valence-corrected chi connectivity index (χ3v) is 3.68. The van der Waals surface area contributed by atoms with Crippen LogP contribution in [0, 0.1) is 6.92 Å². The highest BCUT2D eigenvalue weighted by Gasteiger charge is 2.14. The number of aryl methyl sites for hydroxylation is 1. The topological polar surface area (TPSA) is 93.8 Å². The standard InChI is InChI=1S/C18H13N5O2/c1-11-9-15(23-25-11)14-6-5-12-3-2-4-13(17(12)21-14)18(24)22-16-7-8-19-10-20-16/h2-10H,1H3,(H,19,20,22,24). The van der Waals surface area contributed by atoms with Crippen LogP contribution in [-0.2, 0) is 0 Å². The van der Waals surface area contributed by atoms with E-state index in [0.717, 1.165) is 5.39 Å². The van der Waals surface area contributed by atoms with E-state index in [1.807, 2.05) is 31.2 Å². The average molecular weight is 331 g/mol. The van der Waals surface area contributed by atoms with Gasteiger partial charge in [-0.05, 0) is 25.1 Å². The molecule has 25 heavy (non-hydrogen) atoms. The van der Waals surface area contributed by atoms with Crippen molar-refractivity contribution in [2.75, 3.05) is 5.32 Å². The number of amides is 1. The summed E-state index contributed by atoms with van der Waals surface area (Å²) < 4.78 is 5.10. The van der Waals surface area contributed by atoms with E-state index in [1.54, 1.807) is 24.4 Å². The van der Waals surface area contributed by atoms with E-state index in [2.05, 4.69) is 25.4 Å². The molecule has 0 saturated carbocycles. The van der Waals surface area contributed by atoms with Crippen LogP contribution in [0.25, 0.3) is 22.3 Å². The number of rotatable bonds is 3. The highest BCUT2D eigenvalue weighted by atomic mass is 16.5. The van der Waals surface area contributed by atoms with Crippen molar-refractivity contribution in [3.8, 4) is 11.4 Å². The number of pyridine rings is 1. The molecule has 3 aromatic heterocycles. The fourth-order valence-corrected chi connectivity index (χ4v) is 2.51. The third-order valence-electron chi connectivity index (χ3n) is 3.68. The molecule has 0 aliphatic carbocycles. The van der Waals surface area contributed by atoms with Crippen LogP contribution in [0.15, 0.2) is 59.5 Å². The predicted octanol–water partition coefficient (Wildman–Crippen LogP) is 3.24. The van der Waals surface area contributed by atoms with Crippen LogP contribution in [0.4, 0.5) is 5.82 Å². The van der Waals surface area contributed by atoms with Crippen LogP contribution in [-0.4, -0.2) is 26.0 Å². The Hall–Kier alpha value is -3.61. The summed E-state index contributed by atoms with van der Waals surface area (Å²) in [6.45, 7) is 1.82. The maximum Gasteiger partial charge on any atom is 0.259 e. The first-order valence-electron chi connectivity index (χ1n) is 7.61. The van der Waals surface area contributed by atoms with Crippen LogP contribution >= 0.6 is 0 Å². The van der Waals surface area contributed by atoms with Crippen molar-refractivity contribution in [3.05, 3.63) is 66.3 Å². The molecule has 1 amide bonds. The van der Waals surface area contributed by atoms with Crippen molar-refractivity contribution in [2.24, 2.45) is 0 Å². The summed E-state index contributed by atoms with van der Waals surface area (Å²) in [5.41, 5.74) is 2.32. The number of fused-ring (bicyclic) bond motifs is 1. The van der Waals surface area contributed by atoms with Crippen LogP contribution in [0.5, 0.6) is 0 Å². The van der Waals surface area contributed by atoms with E-state index >= 15 is 0 Å². The Morgan fingerprint density at radius 3 is 2.80 bits per heavy atom. The fraction of sp³-hybridized carbons (Fsp3) is 0.0556. The summed E-state index contributed by atoms with van der Waals surface area (Å²) in [4.78, 5) is 25.1. The maximum absolute atomic E-state index is 12.6. The minimum atomic E-state index is -0.287. The number of aromatic nitrogens is 4. The SMILES string of the molecule is Cc1cc(-c2ccc3cccc(C(=O)Nc4ccncn4)c3n2)no1. The van der Waals surface area contributed by atoms with Gasteiger partial charge in [0.05, 0.1) is 16.8 Å². The molecule has 0 radical (unpaired) electrons. The van der Waals surface area contributed by atoms with E-state index < -0.39 is 0 Å². The number of para-hydroxylation sites is 1. The molecule has 7 nitrogen and oxygen atoms in total. The number of hydrogen-bond acceptors (Lipinski definition) is 6. The predicted molar refractivity (Wildman–Crippen MR) is 92.0 cm³/mol. The van der Waals surface area contributed by atoms with Crippen molar-refractivity contribution in [3.63, 3.8) is 0 Å². The largest absolute Gasteiger partial charge is 0.361 e. The molecular formula is C18H13N5O2. The molecule has 0 saturated heterocycles. The highest BCUT2D eigenvalue weighted by Crippen LogP contribution is 2.23. The van der Waals surface area contributed by atoms with Crippen LogP contribution in [0.2, 0.25) is 0 Å². The molecule has 1 N–H and O–H groups in total. The molecule has 1 aromatic carbocycles. The van der Waals surface area contributed by atoms with E-state index in [1.165, 1.54) is 6.33 Å². The summed E-state index contributed by atoms with van der Waals surface area (Å²) in [5, 5.41) is 7.59. The molecule has 0 aliphatic rings. The monoisotopic (exact) mass is 331 g/mol. The van der Waals surface area contributed by atoms with Crippen LogP contribution < -0.4 is 5.32 Å². The summed E-state index contributed by atoms with van der Waals surface area (Å²) in [7, 11) is 0. The molecule has 3 heterocycles. The number of carbonyl (C=O) groups excluding carboxylic acids is 1. The number of nitrogens with one attached hydrogen (secondary N) is 1. The van der Waals surface area contributed by atoms with Crippen LogP contribution in [0.1, 0.15) is 16.1 Å². The molecule has 0 atom stereocenters. The molecule has 0 fully saturated rings. The highest BCUT2D eigenvalue weighted by molar-refractivity contribution is 6.11. The molecular weight excluding hydrogens is 318 g/mol. The molecule has 4 rings (SSSR count). The number of benzene rings is 1. The van der Waals surface area contributed by atoms with Gasteiger partial charge in [-0.1, -0.05) is 23.4 Å². The van der Waals surface area contributed by atoms with Crippen molar-refractivity contribution in [2.45, 2.75) is 6.92 Å². The van der Waals surface area contributed by atoms with Crippen molar-refractivity contribution in [1.29, 1.82) is 0 Å². The average Bonchev–Trinajstić information content (AvgIpc) is 3.08. The number of anilines is 1. The minimum Gasteiger partial charge on any atom is -0.361 e. The van der Waals surface area contributed by atoms with Gasteiger partial charge in [0.2, 0.25) is 0 Å². The second kappa shape index (κ2) is 6.12. The Labute approximate surface area is 142 Å². The zero-order chi connectivity index (χ0) is 17.2. The lowest BCUT2D eigenvalue weighted by Crippen LogP contribution is -2.13. The summed E-state index contributed by atoms with van der Waals surface area (Å²) in [6.07, 6.45) is 2.94. The maximum atomic E-state index is 12.6. The first-order valence-corrected chi connectivity index (χ1v) is 7.61. The van der Waals surface area contributed by atoms with Gasteiger partial charge in [-0.15, -0.1) is 0 Å². The second-order valence-electron chi connectivity index (χ2n) is 5.45. The lowest BCUT2D eigenvalue weighted by Gasteiger charge is -2.07. The second-order valence-corrected chi connectivity index (χ2v) is 5.45. The van der Waals surface area contributed by atoms with Gasteiger partial charge in [0.15, 0.2) is 0 Å². The first-order chi connectivity index (χ1) is 12.2. The summed E-state index contributed by atoms with van der Waals surface area (Å²) in [6, 6.07) is 12.6. The minimum absolute atomic E-state index is 0.287. The fourth-order valence-electron chi connectivity index (χ4n) is 2.51. The number of carbonyl (C=O) groups is 1. The first kappa shape index (κ1) is 14.9. The quantitative estimate of drug-likeness (QED) is 0.619. The van der Waals surface area contributed by atoms with Gasteiger partial charge in [-0.25, -0.2) is 15.0 Å². The van der Waals surface area contributed by atoms with E-state index in [0.29, 0.717) is 34.0 Å². The zero-order valence-corrected chi connectivity index (χ0v) is 13.3. The molecule has 0 bridgehead atoms. The molecule has 7 heteroatoms. The van der Waals surface area contributed by atoms with E-state index in [-0.39, 0.29) is 5.91 Å². The van der Waals surface area contributed by atoms with Crippen molar-refractivity contribution in [1.82, 2.24) is 20.1 Å². The molecule has 0 spiro atoms. The van der Waals surface area contributed by atoms with Gasteiger partial charge in [-0.2, -0.15) is 0 Å². The lowest BCUT2D eigenvalue weighted by atomic mass is 10.1. The van der Waals surface area contributed by atoms with Gasteiger partial charge in [-0.3, -0.25) is 4.79 Å². The molecule has 4 aromatic rings. The number of hydrogen-bond donors (Lipinski definition) is 1. The van der Waals surface area contributed by atoms with Crippen LogP contribution in [0.3, 0.4) is 0 Å².